The Morgan fingerprint density at radius 3 is 2.68 bits per heavy atom. The van der Waals surface area contributed by atoms with Crippen LogP contribution < -0.4 is 5.32 Å². The van der Waals surface area contributed by atoms with E-state index in [9.17, 15) is 8.78 Å². The fourth-order valence-electron chi connectivity index (χ4n) is 1.61. The Morgan fingerprint density at radius 1 is 1.26 bits per heavy atom. The minimum absolute atomic E-state index is 0.206. The van der Waals surface area contributed by atoms with Crippen molar-refractivity contribution in [1.29, 1.82) is 0 Å². The van der Waals surface area contributed by atoms with Gasteiger partial charge in [-0.25, -0.2) is 13.8 Å². The van der Waals surface area contributed by atoms with E-state index in [2.05, 4.69) is 24.1 Å². The molecule has 0 atom stereocenters. The van der Waals surface area contributed by atoms with Crippen molar-refractivity contribution < 1.29 is 8.78 Å². The zero-order chi connectivity index (χ0) is 14.0. The molecule has 102 valence electrons. The van der Waals surface area contributed by atoms with Gasteiger partial charge in [-0.2, -0.15) is 0 Å². The molecule has 0 bridgehead atoms. The molecule has 0 spiro atoms. The van der Waals surface area contributed by atoms with E-state index in [4.69, 9.17) is 0 Å². The van der Waals surface area contributed by atoms with Crippen molar-refractivity contribution >= 4 is 16.5 Å². The maximum absolute atomic E-state index is 13.8. The first-order valence-electron chi connectivity index (χ1n) is 6.12. The minimum Gasteiger partial charge on any atom is -0.361 e. The van der Waals surface area contributed by atoms with Crippen LogP contribution in [0.3, 0.4) is 0 Å². The summed E-state index contributed by atoms with van der Waals surface area (Å²) in [5, 5.41) is 5.63. The summed E-state index contributed by atoms with van der Waals surface area (Å²) in [5.41, 5.74) is 0.972. The van der Waals surface area contributed by atoms with Gasteiger partial charge in [0.15, 0.2) is 5.13 Å². The third-order valence-electron chi connectivity index (χ3n) is 2.69. The van der Waals surface area contributed by atoms with Crippen molar-refractivity contribution in [3.05, 3.63) is 34.7 Å². The van der Waals surface area contributed by atoms with Crippen molar-refractivity contribution in [3.8, 4) is 11.3 Å². The molecule has 0 saturated heterocycles. The highest BCUT2D eigenvalue weighted by molar-refractivity contribution is 7.14. The summed E-state index contributed by atoms with van der Waals surface area (Å²) in [7, 11) is 0. The maximum atomic E-state index is 13.8. The number of hydrogen-bond acceptors (Lipinski definition) is 3. The van der Waals surface area contributed by atoms with Crippen molar-refractivity contribution in [1.82, 2.24) is 4.98 Å². The fourth-order valence-corrected chi connectivity index (χ4v) is 2.33. The van der Waals surface area contributed by atoms with Gasteiger partial charge < -0.3 is 5.32 Å². The zero-order valence-electron chi connectivity index (χ0n) is 11.1. The number of anilines is 1. The highest BCUT2D eigenvalue weighted by atomic mass is 32.1. The van der Waals surface area contributed by atoms with Crippen molar-refractivity contribution in [3.63, 3.8) is 0 Å². The quantitative estimate of drug-likeness (QED) is 0.895. The van der Waals surface area contributed by atoms with Gasteiger partial charge in [0.1, 0.15) is 11.6 Å². The summed E-state index contributed by atoms with van der Waals surface area (Å²) in [6, 6.07) is 2.40. The summed E-state index contributed by atoms with van der Waals surface area (Å²) >= 11 is 1.39. The molecule has 1 N–H and O–H groups in total. The van der Waals surface area contributed by atoms with E-state index >= 15 is 0 Å². The maximum Gasteiger partial charge on any atom is 0.183 e. The van der Waals surface area contributed by atoms with Crippen LogP contribution in [-0.2, 0) is 0 Å². The molecule has 0 aliphatic carbocycles. The summed E-state index contributed by atoms with van der Waals surface area (Å²) in [6.07, 6.45) is 0. The largest absolute Gasteiger partial charge is 0.361 e. The van der Waals surface area contributed by atoms with Gasteiger partial charge in [0.25, 0.3) is 0 Å². The highest BCUT2D eigenvalue weighted by Gasteiger charge is 2.12. The average molecular weight is 282 g/mol. The monoisotopic (exact) mass is 282 g/mol. The van der Waals surface area contributed by atoms with Crippen LogP contribution in [-0.4, -0.2) is 11.5 Å². The number of benzene rings is 1. The summed E-state index contributed by atoms with van der Waals surface area (Å²) in [6.45, 7) is 6.53. The predicted molar refractivity (Wildman–Crippen MR) is 75.5 cm³/mol. The number of thiazole rings is 1. The molecule has 2 nitrogen and oxygen atoms in total. The van der Waals surface area contributed by atoms with Crippen LogP contribution in [0.2, 0.25) is 0 Å². The Balaban J connectivity index is 2.25. The summed E-state index contributed by atoms with van der Waals surface area (Å²) in [5.74, 6) is -0.360. The molecule has 1 aromatic carbocycles. The van der Waals surface area contributed by atoms with Gasteiger partial charge in [0.2, 0.25) is 0 Å². The molecule has 0 radical (unpaired) electrons. The second-order valence-electron chi connectivity index (χ2n) is 4.89. The van der Waals surface area contributed by atoms with Crippen molar-refractivity contribution in [2.45, 2.75) is 20.8 Å². The number of rotatable bonds is 4. The lowest BCUT2D eigenvalue weighted by Gasteiger charge is -2.05. The van der Waals surface area contributed by atoms with E-state index in [1.165, 1.54) is 23.5 Å². The molecule has 19 heavy (non-hydrogen) atoms. The van der Waals surface area contributed by atoms with Crippen LogP contribution in [0, 0.1) is 24.5 Å². The van der Waals surface area contributed by atoms with Gasteiger partial charge in [0.05, 0.1) is 5.69 Å². The number of aryl methyl sites for hydroxylation is 1. The SMILES string of the molecule is Cc1cc(F)c(-c2csc(NCC(C)C)n2)cc1F. The second-order valence-corrected chi connectivity index (χ2v) is 5.75. The van der Waals surface area contributed by atoms with Gasteiger partial charge in [-0.05, 0) is 30.5 Å². The third kappa shape index (κ3) is 3.29. The van der Waals surface area contributed by atoms with E-state index in [-0.39, 0.29) is 5.56 Å². The Bertz CT molecular complexity index is 579. The molecule has 2 aromatic rings. The number of halogens is 2. The van der Waals surface area contributed by atoms with E-state index in [0.29, 0.717) is 17.2 Å². The van der Waals surface area contributed by atoms with E-state index in [1.54, 1.807) is 12.3 Å². The van der Waals surface area contributed by atoms with E-state index < -0.39 is 11.6 Å². The van der Waals surface area contributed by atoms with Crippen LogP contribution in [0.5, 0.6) is 0 Å². The van der Waals surface area contributed by atoms with Crippen molar-refractivity contribution in [2.24, 2.45) is 5.92 Å². The lowest BCUT2D eigenvalue weighted by molar-refractivity contribution is 0.595. The molecule has 0 fully saturated rings. The normalized spacial score (nSPS) is 11.1. The lowest BCUT2D eigenvalue weighted by atomic mass is 10.1. The number of hydrogen-bond donors (Lipinski definition) is 1. The zero-order valence-corrected chi connectivity index (χ0v) is 11.9. The molecule has 0 unspecified atom stereocenters. The average Bonchev–Trinajstić information content (AvgIpc) is 2.80. The molecule has 0 aliphatic heterocycles. The van der Waals surface area contributed by atoms with Crippen LogP contribution in [0.25, 0.3) is 11.3 Å². The van der Waals surface area contributed by atoms with E-state index in [0.717, 1.165) is 11.7 Å². The molecule has 5 heteroatoms. The van der Waals surface area contributed by atoms with E-state index in [1.807, 2.05) is 0 Å². The Kier molecular flexibility index (Phi) is 4.14. The van der Waals surface area contributed by atoms with Crippen LogP contribution in [0.1, 0.15) is 19.4 Å². The molecular weight excluding hydrogens is 266 g/mol. The van der Waals surface area contributed by atoms with Gasteiger partial charge in [-0.1, -0.05) is 13.8 Å². The van der Waals surface area contributed by atoms with Crippen LogP contribution in [0.4, 0.5) is 13.9 Å². The van der Waals surface area contributed by atoms with Crippen LogP contribution >= 0.6 is 11.3 Å². The molecule has 1 heterocycles. The predicted octanol–water partition coefficient (Wildman–Crippen LogP) is 4.46. The van der Waals surface area contributed by atoms with Gasteiger partial charge in [-0.15, -0.1) is 11.3 Å². The lowest BCUT2D eigenvalue weighted by Crippen LogP contribution is -2.07. The van der Waals surface area contributed by atoms with Gasteiger partial charge >= 0.3 is 0 Å². The molecule has 2 rings (SSSR count). The standard InChI is InChI=1S/C14H16F2N2S/c1-8(2)6-17-14-18-13(7-19-14)10-5-11(15)9(3)4-12(10)16/h4-5,7-8H,6H2,1-3H3,(H,17,18). The first-order chi connectivity index (χ1) is 8.97. The summed E-state index contributed by atoms with van der Waals surface area (Å²) < 4.78 is 27.3. The Hall–Kier alpha value is -1.49. The minimum atomic E-state index is -0.445. The van der Waals surface area contributed by atoms with Gasteiger partial charge in [0, 0.05) is 17.5 Å². The topological polar surface area (TPSA) is 24.9 Å². The molecule has 0 aliphatic rings. The fraction of sp³-hybridized carbons (Fsp3) is 0.357. The Labute approximate surface area is 115 Å². The van der Waals surface area contributed by atoms with Gasteiger partial charge in [-0.3, -0.25) is 0 Å². The van der Waals surface area contributed by atoms with Crippen LogP contribution in [0.15, 0.2) is 17.5 Å². The molecule has 0 saturated carbocycles. The number of nitrogens with zero attached hydrogens (tertiary/aromatic N) is 1. The first kappa shape index (κ1) is 13.9. The number of nitrogens with one attached hydrogen (secondary N) is 1. The third-order valence-corrected chi connectivity index (χ3v) is 3.49. The highest BCUT2D eigenvalue weighted by Crippen LogP contribution is 2.28. The smallest absolute Gasteiger partial charge is 0.183 e. The molecule has 0 amide bonds. The number of aromatic nitrogens is 1. The Morgan fingerprint density at radius 2 is 2.00 bits per heavy atom. The molecular formula is C14H16F2N2S. The molecule has 1 aromatic heterocycles. The first-order valence-corrected chi connectivity index (χ1v) is 7.00. The summed E-state index contributed by atoms with van der Waals surface area (Å²) in [4.78, 5) is 4.28. The van der Waals surface area contributed by atoms with Crippen molar-refractivity contribution in [2.75, 3.05) is 11.9 Å². The second kappa shape index (κ2) is 5.65.